The average molecular weight is 392 g/mol. The number of esters is 1. The van der Waals surface area contributed by atoms with Crippen molar-refractivity contribution in [3.05, 3.63) is 59.9 Å². The fourth-order valence-corrected chi connectivity index (χ4v) is 3.80. The van der Waals surface area contributed by atoms with Crippen molar-refractivity contribution < 1.29 is 14.3 Å². The lowest BCUT2D eigenvalue weighted by atomic mass is 9.97. The highest BCUT2D eigenvalue weighted by molar-refractivity contribution is 5.94. The molecule has 7 heteroatoms. The molecule has 1 amide bonds. The highest BCUT2D eigenvalue weighted by Gasteiger charge is 2.25. The third-order valence-electron chi connectivity index (χ3n) is 5.26. The third-order valence-corrected chi connectivity index (χ3v) is 5.26. The standard InChI is InChI=1S/C22H24N4O3/c1-29-22(28)15-8-10-17(11-9-15)23-20(27)14-26-12-4-5-16(13-26)21-24-18-6-2-3-7-19(18)25-21/h2-3,6-11,16H,4-5,12-14H2,1H3,(H,23,27)(H,24,25). The van der Waals surface area contributed by atoms with E-state index in [0.717, 1.165) is 42.8 Å². The molecule has 0 radical (unpaired) electrons. The van der Waals surface area contributed by atoms with E-state index >= 15 is 0 Å². The number of carbonyl (C=O) groups is 2. The molecule has 1 aromatic heterocycles. The summed E-state index contributed by atoms with van der Waals surface area (Å²) in [5, 5.41) is 2.89. The monoisotopic (exact) mass is 392 g/mol. The van der Waals surface area contributed by atoms with E-state index in [1.165, 1.54) is 7.11 Å². The number of benzene rings is 2. The van der Waals surface area contributed by atoms with E-state index in [9.17, 15) is 9.59 Å². The number of para-hydroxylation sites is 2. The first-order valence-corrected chi connectivity index (χ1v) is 9.77. The zero-order valence-electron chi connectivity index (χ0n) is 16.4. The molecule has 0 spiro atoms. The van der Waals surface area contributed by atoms with E-state index in [1.807, 2.05) is 24.3 Å². The Labute approximate surface area is 169 Å². The number of ether oxygens (including phenoxy) is 1. The Morgan fingerprint density at radius 2 is 2.00 bits per heavy atom. The number of fused-ring (bicyclic) bond motifs is 1. The van der Waals surface area contributed by atoms with E-state index in [0.29, 0.717) is 23.7 Å². The molecule has 1 saturated heterocycles. The lowest BCUT2D eigenvalue weighted by Crippen LogP contribution is -2.40. The van der Waals surface area contributed by atoms with Crippen LogP contribution in [0.5, 0.6) is 0 Å². The van der Waals surface area contributed by atoms with Gasteiger partial charge in [-0.1, -0.05) is 12.1 Å². The number of methoxy groups -OCH3 is 1. The number of aromatic amines is 1. The Morgan fingerprint density at radius 1 is 1.21 bits per heavy atom. The summed E-state index contributed by atoms with van der Waals surface area (Å²) in [5.74, 6) is 0.826. The molecule has 1 aliphatic rings. The smallest absolute Gasteiger partial charge is 0.337 e. The van der Waals surface area contributed by atoms with Gasteiger partial charge in [-0.15, -0.1) is 0 Å². The predicted octanol–water partition coefficient (Wildman–Crippen LogP) is 3.17. The van der Waals surface area contributed by atoms with Gasteiger partial charge in [0.05, 0.1) is 30.3 Å². The topological polar surface area (TPSA) is 87.3 Å². The molecule has 29 heavy (non-hydrogen) atoms. The van der Waals surface area contributed by atoms with Crippen molar-refractivity contribution >= 4 is 28.6 Å². The molecule has 3 aromatic rings. The first-order chi connectivity index (χ1) is 14.1. The van der Waals surface area contributed by atoms with Gasteiger partial charge in [-0.25, -0.2) is 9.78 Å². The molecule has 2 aromatic carbocycles. The van der Waals surface area contributed by atoms with Crippen LogP contribution >= 0.6 is 0 Å². The maximum absolute atomic E-state index is 12.5. The van der Waals surface area contributed by atoms with Gasteiger partial charge >= 0.3 is 5.97 Å². The number of rotatable bonds is 5. The van der Waals surface area contributed by atoms with Gasteiger partial charge in [0.25, 0.3) is 0 Å². The van der Waals surface area contributed by atoms with Gasteiger partial charge in [0.1, 0.15) is 5.82 Å². The summed E-state index contributed by atoms with van der Waals surface area (Å²) in [6.07, 6.45) is 2.09. The normalized spacial score (nSPS) is 17.2. The number of hydrogen-bond acceptors (Lipinski definition) is 5. The Balaban J connectivity index is 1.35. The largest absolute Gasteiger partial charge is 0.465 e. The maximum Gasteiger partial charge on any atom is 0.337 e. The van der Waals surface area contributed by atoms with E-state index in [-0.39, 0.29) is 5.91 Å². The Kier molecular flexibility index (Phi) is 5.57. The van der Waals surface area contributed by atoms with Crippen LogP contribution in [0, 0.1) is 0 Å². The van der Waals surface area contributed by atoms with Gasteiger partial charge in [0.15, 0.2) is 0 Å². The molecule has 0 bridgehead atoms. The van der Waals surface area contributed by atoms with Crippen molar-refractivity contribution in [3.8, 4) is 0 Å². The van der Waals surface area contributed by atoms with Crippen molar-refractivity contribution in [2.45, 2.75) is 18.8 Å². The van der Waals surface area contributed by atoms with Crippen molar-refractivity contribution in [1.29, 1.82) is 0 Å². The summed E-state index contributed by atoms with van der Waals surface area (Å²) < 4.78 is 4.68. The lowest BCUT2D eigenvalue weighted by Gasteiger charge is -2.31. The van der Waals surface area contributed by atoms with Crippen LogP contribution < -0.4 is 5.32 Å². The molecule has 1 fully saturated rings. The van der Waals surface area contributed by atoms with Crippen LogP contribution in [0.2, 0.25) is 0 Å². The van der Waals surface area contributed by atoms with Gasteiger partial charge in [-0.05, 0) is 55.8 Å². The van der Waals surface area contributed by atoms with Gasteiger partial charge in [0, 0.05) is 18.2 Å². The molecule has 1 aliphatic heterocycles. The highest BCUT2D eigenvalue weighted by atomic mass is 16.5. The number of nitrogens with zero attached hydrogens (tertiary/aromatic N) is 2. The fraction of sp³-hybridized carbons (Fsp3) is 0.318. The van der Waals surface area contributed by atoms with E-state index < -0.39 is 5.97 Å². The minimum Gasteiger partial charge on any atom is -0.465 e. The van der Waals surface area contributed by atoms with Crippen LogP contribution in [0.4, 0.5) is 5.69 Å². The second-order valence-electron chi connectivity index (χ2n) is 7.33. The number of H-pyrrole nitrogens is 1. The predicted molar refractivity (Wildman–Crippen MR) is 111 cm³/mol. The van der Waals surface area contributed by atoms with Crippen molar-refractivity contribution in [2.24, 2.45) is 0 Å². The Morgan fingerprint density at radius 3 is 2.76 bits per heavy atom. The summed E-state index contributed by atoms with van der Waals surface area (Å²) >= 11 is 0. The lowest BCUT2D eigenvalue weighted by molar-refractivity contribution is -0.117. The number of nitrogens with one attached hydrogen (secondary N) is 2. The molecule has 2 N–H and O–H groups in total. The van der Waals surface area contributed by atoms with Gasteiger partial charge in [0.2, 0.25) is 5.91 Å². The summed E-state index contributed by atoms with van der Waals surface area (Å²) in [4.78, 5) is 34.3. The Hall–Kier alpha value is -3.19. The molecule has 2 heterocycles. The van der Waals surface area contributed by atoms with Crippen LogP contribution in [0.1, 0.15) is 34.9 Å². The summed E-state index contributed by atoms with van der Waals surface area (Å²) in [7, 11) is 1.34. The first kappa shape index (κ1) is 19.1. The van der Waals surface area contributed by atoms with E-state index in [4.69, 9.17) is 4.98 Å². The number of carbonyl (C=O) groups excluding carboxylic acids is 2. The van der Waals surface area contributed by atoms with E-state index in [2.05, 4.69) is 19.9 Å². The van der Waals surface area contributed by atoms with Crippen LogP contribution in [-0.4, -0.2) is 53.5 Å². The quantitative estimate of drug-likeness (QED) is 0.651. The third kappa shape index (κ3) is 4.46. The minimum atomic E-state index is -0.396. The molecule has 0 saturated carbocycles. The van der Waals surface area contributed by atoms with Gasteiger partial charge in [-0.3, -0.25) is 9.69 Å². The molecular weight excluding hydrogens is 368 g/mol. The van der Waals surface area contributed by atoms with Crippen LogP contribution in [0.25, 0.3) is 11.0 Å². The number of aromatic nitrogens is 2. The summed E-state index contributed by atoms with van der Waals surface area (Å²) in [5.41, 5.74) is 3.14. The van der Waals surface area contributed by atoms with Crippen molar-refractivity contribution in [1.82, 2.24) is 14.9 Å². The number of piperidine rings is 1. The van der Waals surface area contributed by atoms with Crippen molar-refractivity contribution in [2.75, 3.05) is 32.1 Å². The fourth-order valence-electron chi connectivity index (χ4n) is 3.80. The molecule has 4 rings (SSSR count). The average Bonchev–Trinajstić information content (AvgIpc) is 3.18. The number of anilines is 1. The van der Waals surface area contributed by atoms with Crippen molar-refractivity contribution in [3.63, 3.8) is 0 Å². The number of amides is 1. The summed E-state index contributed by atoms with van der Waals surface area (Å²) in [6.45, 7) is 2.02. The minimum absolute atomic E-state index is 0.0684. The van der Waals surface area contributed by atoms with Crippen LogP contribution in [-0.2, 0) is 9.53 Å². The second-order valence-corrected chi connectivity index (χ2v) is 7.33. The number of hydrogen-bond donors (Lipinski definition) is 2. The molecule has 1 unspecified atom stereocenters. The summed E-state index contributed by atoms with van der Waals surface area (Å²) in [6, 6.07) is 14.7. The zero-order valence-corrected chi connectivity index (χ0v) is 16.4. The molecule has 1 atom stereocenters. The molecular formula is C22H24N4O3. The van der Waals surface area contributed by atoms with E-state index in [1.54, 1.807) is 24.3 Å². The van der Waals surface area contributed by atoms with Gasteiger partial charge < -0.3 is 15.0 Å². The second kappa shape index (κ2) is 8.45. The van der Waals surface area contributed by atoms with Crippen LogP contribution in [0.3, 0.4) is 0 Å². The Bertz CT molecular complexity index is 979. The van der Waals surface area contributed by atoms with Crippen LogP contribution in [0.15, 0.2) is 48.5 Å². The molecule has 150 valence electrons. The SMILES string of the molecule is COC(=O)c1ccc(NC(=O)CN2CCCC(c3nc4ccccc4[nH]3)C2)cc1. The zero-order chi connectivity index (χ0) is 20.2. The highest BCUT2D eigenvalue weighted by Crippen LogP contribution is 2.26. The number of imidazole rings is 1. The first-order valence-electron chi connectivity index (χ1n) is 9.77. The van der Waals surface area contributed by atoms with Gasteiger partial charge in [-0.2, -0.15) is 0 Å². The number of likely N-dealkylation sites (tertiary alicyclic amines) is 1. The molecule has 7 nitrogen and oxygen atoms in total. The molecule has 0 aliphatic carbocycles. The maximum atomic E-state index is 12.5.